The highest BCUT2D eigenvalue weighted by atomic mass is 16.2. The smallest absolute Gasteiger partial charge is 0.242 e. The molecule has 2 amide bonds. The van der Waals surface area contributed by atoms with Crippen molar-refractivity contribution in [3.8, 4) is 0 Å². The van der Waals surface area contributed by atoms with E-state index in [1.807, 2.05) is 35.0 Å². The number of carbonyl (C=O) groups excluding carboxylic acids is 2. The lowest BCUT2D eigenvalue weighted by Gasteiger charge is -2.22. The number of nitrogens with one attached hydrogen (secondary N) is 1. The van der Waals surface area contributed by atoms with Crippen LogP contribution >= 0.6 is 0 Å². The van der Waals surface area contributed by atoms with Crippen molar-refractivity contribution in [1.29, 1.82) is 0 Å². The number of nitrogens with zero attached hydrogens (tertiary/aromatic N) is 3. The summed E-state index contributed by atoms with van der Waals surface area (Å²) in [4.78, 5) is 29.8. The van der Waals surface area contributed by atoms with E-state index < -0.39 is 0 Å². The maximum Gasteiger partial charge on any atom is 0.242 e. The Bertz CT molecular complexity index is 661. The highest BCUT2D eigenvalue weighted by Crippen LogP contribution is 2.17. The van der Waals surface area contributed by atoms with Crippen molar-refractivity contribution < 1.29 is 9.59 Å². The van der Waals surface area contributed by atoms with Gasteiger partial charge in [-0.1, -0.05) is 6.07 Å². The third-order valence-electron chi connectivity index (χ3n) is 4.05. The minimum absolute atomic E-state index is 0.0296. The molecule has 1 N–H and O–H groups in total. The van der Waals surface area contributed by atoms with Gasteiger partial charge in [0.1, 0.15) is 11.7 Å². The Kier molecular flexibility index (Phi) is 4.09. The topological polar surface area (TPSA) is 66.7 Å². The molecular formula is C16H20N4O2. The van der Waals surface area contributed by atoms with Crippen molar-refractivity contribution in [1.82, 2.24) is 19.6 Å². The Labute approximate surface area is 129 Å². The fourth-order valence-corrected chi connectivity index (χ4v) is 2.96. The second-order valence-electron chi connectivity index (χ2n) is 5.61. The minimum atomic E-state index is -0.307. The largest absolute Gasteiger partial charge is 0.354 e. The van der Waals surface area contributed by atoms with Crippen LogP contribution in [0.2, 0.25) is 0 Å². The lowest BCUT2D eigenvalue weighted by molar-refractivity contribution is -0.136. The predicted octanol–water partition coefficient (Wildman–Crippen LogP) is 1.00. The van der Waals surface area contributed by atoms with Gasteiger partial charge < -0.3 is 14.6 Å². The number of hydrogen-bond acceptors (Lipinski definition) is 3. The van der Waals surface area contributed by atoms with E-state index in [0.29, 0.717) is 19.5 Å². The summed E-state index contributed by atoms with van der Waals surface area (Å²) < 4.78 is 1.96. The van der Waals surface area contributed by atoms with E-state index in [1.165, 1.54) is 6.92 Å². The van der Waals surface area contributed by atoms with Crippen molar-refractivity contribution >= 4 is 17.5 Å². The van der Waals surface area contributed by atoms with Crippen LogP contribution in [0.1, 0.15) is 25.5 Å². The molecule has 1 fully saturated rings. The van der Waals surface area contributed by atoms with E-state index in [2.05, 4.69) is 10.3 Å². The third-order valence-corrected chi connectivity index (χ3v) is 4.05. The van der Waals surface area contributed by atoms with Gasteiger partial charge in [0.2, 0.25) is 11.8 Å². The molecule has 0 spiro atoms. The van der Waals surface area contributed by atoms with E-state index in [0.717, 1.165) is 24.2 Å². The molecule has 0 saturated carbocycles. The number of aromatic nitrogens is 2. The van der Waals surface area contributed by atoms with E-state index >= 15 is 0 Å². The maximum absolute atomic E-state index is 12.2. The van der Waals surface area contributed by atoms with Crippen molar-refractivity contribution in [3.63, 3.8) is 0 Å². The molecule has 1 atom stereocenters. The Hall–Kier alpha value is -2.37. The minimum Gasteiger partial charge on any atom is -0.354 e. The first-order valence-electron chi connectivity index (χ1n) is 7.62. The molecule has 6 heteroatoms. The molecule has 116 valence electrons. The van der Waals surface area contributed by atoms with Gasteiger partial charge in [-0.3, -0.25) is 9.59 Å². The Morgan fingerprint density at radius 2 is 2.27 bits per heavy atom. The maximum atomic E-state index is 12.2. The number of fused-ring (bicyclic) bond motifs is 1. The molecule has 1 aliphatic rings. The van der Waals surface area contributed by atoms with Crippen molar-refractivity contribution in [3.05, 3.63) is 36.3 Å². The molecule has 22 heavy (non-hydrogen) atoms. The average molecular weight is 300 g/mol. The van der Waals surface area contributed by atoms with Crippen LogP contribution in [0.25, 0.3) is 5.65 Å². The monoisotopic (exact) mass is 300 g/mol. The first kappa shape index (κ1) is 14.6. The molecule has 2 aromatic rings. The summed E-state index contributed by atoms with van der Waals surface area (Å²) in [6.07, 6.45) is 6.25. The number of imidazole rings is 1. The van der Waals surface area contributed by atoms with Gasteiger partial charge in [0.25, 0.3) is 0 Å². The number of likely N-dealkylation sites (tertiary alicyclic amines) is 1. The second-order valence-corrected chi connectivity index (χ2v) is 5.61. The van der Waals surface area contributed by atoms with Crippen LogP contribution in [0.15, 0.2) is 30.6 Å². The van der Waals surface area contributed by atoms with Gasteiger partial charge in [0.15, 0.2) is 0 Å². The lowest BCUT2D eigenvalue weighted by atomic mass is 10.2. The van der Waals surface area contributed by atoms with E-state index in [-0.39, 0.29) is 17.9 Å². The molecule has 6 nitrogen and oxygen atoms in total. The average Bonchev–Trinajstić information content (AvgIpc) is 3.13. The van der Waals surface area contributed by atoms with Crippen molar-refractivity contribution in [2.45, 2.75) is 32.2 Å². The van der Waals surface area contributed by atoms with Gasteiger partial charge >= 0.3 is 0 Å². The van der Waals surface area contributed by atoms with Gasteiger partial charge in [0, 0.05) is 38.8 Å². The zero-order valence-corrected chi connectivity index (χ0v) is 12.7. The second kappa shape index (κ2) is 6.17. The summed E-state index contributed by atoms with van der Waals surface area (Å²) in [5.41, 5.74) is 1.85. The van der Waals surface area contributed by atoms with Gasteiger partial charge in [-0.2, -0.15) is 0 Å². The third kappa shape index (κ3) is 2.95. The normalized spacial score (nSPS) is 17.9. The quantitative estimate of drug-likeness (QED) is 0.916. The molecule has 0 bridgehead atoms. The van der Waals surface area contributed by atoms with Gasteiger partial charge in [-0.25, -0.2) is 4.98 Å². The van der Waals surface area contributed by atoms with Gasteiger partial charge in [-0.15, -0.1) is 0 Å². The number of hydrogen-bond donors (Lipinski definition) is 1. The summed E-state index contributed by atoms with van der Waals surface area (Å²) in [5, 5.41) is 2.92. The van der Waals surface area contributed by atoms with Crippen molar-refractivity contribution in [2.24, 2.45) is 0 Å². The fourth-order valence-electron chi connectivity index (χ4n) is 2.96. The SMILES string of the molecule is CC(=O)N1CCC[C@H]1C(=O)NCCc1cn2ccccc2n1. The molecule has 1 saturated heterocycles. The summed E-state index contributed by atoms with van der Waals surface area (Å²) in [5.74, 6) is -0.0885. The van der Waals surface area contributed by atoms with Crippen LogP contribution in [-0.2, 0) is 16.0 Å². The number of amides is 2. The molecule has 0 aliphatic carbocycles. The highest BCUT2D eigenvalue weighted by Gasteiger charge is 2.31. The van der Waals surface area contributed by atoms with Crippen LogP contribution in [0.4, 0.5) is 0 Å². The van der Waals surface area contributed by atoms with E-state index in [4.69, 9.17) is 0 Å². The van der Waals surface area contributed by atoms with Crippen LogP contribution in [0.3, 0.4) is 0 Å². The number of carbonyl (C=O) groups is 2. The van der Waals surface area contributed by atoms with Crippen LogP contribution < -0.4 is 5.32 Å². The molecular weight excluding hydrogens is 280 g/mol. The lowest BCUT2D eigenvalue weighted by Crippen LogP contribution is -2.45. The first-order valence-corrected chi connectivity index (χ1v) is 7.62. The van der Waals surface area contributed by atoms with Crippen LogP contribution in [0.5, 0.6) is 0 Å². The van der Waals surface area contributed by atoms with E-state index in [1.54, 1.807) is 4.90 Å². The van der Waals surface area contributed by atoms with Gasteiger partial charge in [-0.05, 0) is 25.0 Å². The number of pyridine rings is 1. The summed E-state index contributed by atoms with van der Waals surface area (Å²) in [6.45, 7) is 2.73. The molecule has 3 heterocycles. The van der Waals surface area contributed by atoms with Crippen molar-refractivity contribution in [2.75, 3.05) is 13.1 Å². The van der Waals surface area contributed by atoms with E-state index in [9.17, 15) is 9.59 Å². The molecule has 0 unspecified atom stereocenters. The summed E-state index contributed by atoms with van der Waals surface area (Å²) in [6, 6.07) is 5.55. The predicted molar refractivity (Wildman–Crippen MR) is 82.3 cm³/mol. The highest BCUT2D eigenvalue weighted by molar-refractivity contribution is 5.87. The molecule has 2 aromatic heterocycles. The zero-order chi connectivity index (χ0) is 15.5. The zero-order valence-electron chi connectivity index (χ0n) is 12.7. The molecule has 0 radical (unpaired) electrons. The number of rotatable bonds is 4. The van der Waals surface area contributed by atoms with Crippen LogP contribution in [-0.4, -0.2) is 45.2 Å². The Morgan fingerprint density at radius 1 is 1.41 bits per heavy atom. The van der Waals surface area contributed by atoms with Crippen LogP contribution in [0, 0.1) is 0 Å². The standard InChI is InChI=1S/C16H20N4O2/c1-12(21)20-10-4-5-14(20)16(22)17-8-7-13-11-19-9-3-2-6-15(19)18-13/h2-3,6,9,11,14H,4-5,7-8,10H2,1H3,(H,17,22)/t14-/m0/s1. The Balaban J connectivity index is 1.54. The first-order chi connectivity index (χ1) is 10.6. The summed E-state index contributed by atoms with van der Waals surface area (Å²) in [7, 11) is 0. The summed E-state index contributed by atoms with van der Waals surface area (Å²) >= 11 is 0. The molecule has 0 aromatic carbocycles. The Morgan fingerprint density at radius 3 is 3.05 bits per heavy atom. The molecule has 1 aliphatic heterocycles. The fraction of sp³-hybridized carbons (Fsp3) is 0.438. The molecule has 3 rings (SSSR count). The van der Waals surface area contributed by atoms with Gasteiger partial charge in [0.05, 0.1) is 5.69 Å².